The highest BCUT2D eigenvalue weighted by Gasteiger charge is 2.25. The third-order valence-corrected chi connectivity index (χ3v) is 7.22. The second-order valence-corrected chi connectivity index (χ2v) is 9.82. The van der Waals surface area contributed by atoms with Crippen molar-refractivity contribution in [2.75, 3.05) is 23.8 Å². The van der Waals surface area contributed by atoms with Gasteiger partial charge in [0.1, 0.15) is 5.75 Å². The molecule has 0 bridgehead atoms. The molecule has 0 aliphatic rings. The van der Waals surface area contributed by atoms with E-state index in [9.17, 15) is 13.2 Å². The van der Waals surface area contributed by atoms with Crippen molar-refractivity contribution in [1.29, 1.82) is 0 Å². The summed E-state index contributed by atoms with van der Waals surface area (Å²) in [7, 11) is -0.966. The normalized spacial score (nSPS) is 11.2. The SMILES string of the molecule is COc1ccccc1N(C)S(=O)(=O)c1ccc(C)c(C(=O)Nc2c(C)cc(C)cc2C)c1. The lowest BCUT2D eigenvalue weighted by molar-refractivity contribution is 0.102. The quantitative estimate of drug-likeness (QED) is 0.571. The lowest BCUT2D eigenvalue weighted by Crippen LogP contribution is -2.27. The molecule has 1 amide bonds. The van der Waals surface area contributed by atoms with E-state index in [2.05, 4.69) is 5.32 Å². The summed E-state index contributed by atoms with van der Waals surface area (Å²) in [5, 5.41) is 2.95. The van der Waals surface area contributed by atoms with Gasteiger partial charge in [0.05, 0.1) is 17.7 Å². The fraction of sp³-hybridized carbons (Fsp3) is 0.240. The van der Waals surface area contributed by atoms with Crippen LogP contribution in [0.3, 0.4) is 0 Å². The van der Waals surface area contributed by atoms with Gasteiger partial charge in [-0.05, 0) is 68.7 Å². The first kappa shape index (κ1) is 23.3. The second kappa shape index (κ2) is 9.04. The summed E-state index contributed by atoms with van der Waals surface area (Å²) < 4.78 is 33.1. The summed E-state index contributed by atoms with van der Waals surface area (Å²) in [5.41, 5.74) is 5.15. The molecule has 0 atom stereocenters. The zero-order valence-corrected chi connectivity index (χ0v) is 20.0. The zero-order valence-electron chi connectivity index (χ0n) is 19.2. The molecule has 3 aromatic carbocycles. The molecule has 0 aliphatic heterocycles. The Bertz CT molecular complexity index is 1260. The van der Waals surface area contributed by atoms with Gasteiger partial charge in [-0.15, -0.1) is 0 Å². The van der Waals surface area contributed by atoms with Crippen molar-refractivity contribution in [3.63, 3.8) is 0 Å². The van der Waals surface area contributed by atoms with E-state index in [1.54, 1.807) is 37.3 Å². The van der Waals surface area contributed by atoms with E-state index in [1.807, 2.05) is 32.9 Å². The van der Waals surface area contributed by atoms with Gasteiger partial charge in [-0.2, -0.15) is 0 Å². The number of nitrogens with zero attached hydrogens (tertiary/aromatic N) is 1. The highest BCUT2D eigenvalue weighted by Crippen LogP contribution is 2.31. The molecule has 0 heterocycles. The van der Waals surface area contributed by atoms with Crippen molar-refractivity contribution in [2.45, 2.75) is 32.6 Å². The van der Waals surface area contributed by atoms with Gasteiger partial charge in [0.25, 0.3) is 15.9 Å². The predicted octanol–water partition coefficient (Wildman–Crippen LogP) is 5.01. The molecule has 0 saturated carbocycles. The van der Waals surface area contributed by atoms with Crippen LogP contribution in [0.25, 0.3) is 0 Å². The smallest absolute Gasteiger partial charge is 0.264 e. The van der Waals surface area contributed by atoms with Gasteiger partial charge in [0, 0.05) is 18.3 Å². The average molecular weight is 453 g/mol. The molecule has 0 saturated heterocycles. The third-order valence-electron chi connectivity index (χ3n) is 5.45. The molecule has 168 valence electrons. The highest BCUT2D eigenvalue weighted by atomic mass is 32.2. The molecule has 32 heavy (non-hydrogen) atoms. The Labute approximate surface area is 189 Å². The van der Waals surface area contributed by atoms with Crippen LogP contribution < -0.4 is 14.4 Å². The van der Waals surface area contributed by atoms with Crippen molar-refractivity contribution in [3.8, 4) is 5.75 Å². The molecule has 0 spiro atoms. The number of hydrogen-bond acceptors (Lipinski definition) is 4. The fourth-order valence-corrected chi connectivity index (χ4v) is 4.97. The predicted molar refractivity (Wildman–Crippen MR) is 128 cm³/mol. The van der Waals surface area contributed by atoms with E-state index in [1.165, 1.54) is 26.3 Å². The van der Waals surface area contributed by atoms with Gasteiger partial charge >= 0.3 is 0 Å². The maximum Gasteiger partial charge on any atom is 0.264 e. The molecule has 7 heteroatoms. The number of amides is 1. The van der Waals surface area contributed by atoms with E-state index in [4.69, 9.17) is 4.74 Å². The highest BCUT2D eigenvalue weighted by molar-refractivity contribution is 7.92. The standard InChI is InChI=1S/C25H28N2O4S/c1-16-13-18(3)24(19(4)14-16)26-25(28)21-15-20(12-11-17(21)2)32(29,30)27(5)22-9-7-8-10-23(22)31-6/h7-15H,1-6H3,(H,26,28). The maximum absolute atomic E-state index is 13.3. The van der Waals surface area contributed by atoms with Gasteiger partial charge in [0.15, 0.2) is 0 Å². The minimum atomic E-state index is -3.92. The van der Waals surface area contributed by atoms with E-state index in [0.29, 0.717) is 22.6 Å². The lowest BCUT2D eigenvalue weighted by atomic mass is 10.0. The van der Waals surface area contributed by atoms with Crippen LogP contribution in [0.15, 0.2) is 59.5 Å². The zero-order chi connectivity index (χ0) is 23.6. The molecule has 0 radical (unpaired) electrons. The molecule has 0 unspecified atom stereocenters. The van der Waals surface area contributed by atoms with E-state index >= 15 is 0 Å². The van der Waals surface area contributed by atoms with E-state index < -0.39 is 10.0 Å². The second-order valence-electron chi connectivity index (χ2n) is 7.85. The van der Waals surface area contributed by atoms with Crippen molar-refractivity contribution in [3.05, 3.63) is 82.4 Å². The van der Waals surface area contributed by atoms with Crippen LogP contribution in [-0.2, 0) is 10.0 Å². The number of benzene rings is 3. The van der Waals surface area contributed by atoms with Gasteiger partial charge in [0.2, 0.25) is 0 Å². The van der Waals surface area contributed by atoms with Crippen LogP contribution in [0, 0.1) is 27.7 Å². The summed E-state index contributed by atoms with van der Waals surface area (Å²) in [6.07, 6.45) is 0. The minimum Gasteiger partial charge on any atom is -0.495 e. The molecular weight excluding hydrogens is 424 g/mol. The summed E-state index contributed by atoms with van der Waals surface area (Å²) in [5.74, 6) is 0.0866. The van der Waals surface area contributed by atoms with Crippen LogP contribution in [0.4, 0.5) is 11.4 Å². The first-order valence-electron chi connectivity index (χ1n) is 10.2. The molecule has 3 aromatic rings. The van der Waals surface area contributed by atoms with Crippen molar-refractivity contribution in [1.82, 2.24) is 0 Å². The van der Waals surface area contributed by atoms with Crippen molar-refractivity contribution < 1.29 is 17.9 Å². The van der Waals surface area contributed by atoms with Crippen LogP contribution >= 0.6 is 0 Å². The Hall–Kier alpha value is -3.32. The Kier molecular flexibility index (Phi) is 6.60. The maximum atomic E-state index is 13.3. The number of ether oxygens (including phenoxy) is 1. The van der Waals surface area contributed by atoms with Crippen LogP contribution in [0.2, 0.25) is 0 Å². The third kappa shape index (κ3) is 4.48. The first-order chi connectivity index (χ1) is 15.1. The van der Waals surface area contributed by atoms with Gasteiger partial charge in [-0.25, -0.2) is 8.42 Å². The number of aryl methyl sites for hydroxylation is 4. The molecule has 0 fully saturated rings. The minimum absolute atomic E-state index is 0.0269. The number of rotatable bonds is 6. The van der Waals surface area contributed by atoms with Crippen molar-refractivity contribution in [2.24, 2.45) is 0 Å². The largest absolute Gasteiger partial charge is 0.495 e. The van der Waals surface area contributed by atoms with Gasteiger partial charge < -0.3 is 10.1 Å². The number of methoxy groups -OCH3 is 1. The molecule has 0 aliphatic carbocycles. The number of carbonyl (C=O) groups excluding carboxylic acids is 1. The molecular formula is C25H28N2O4S. The Morgan fingerprint density at radius 2 is 1.53 bits per heavy atom. The molecule has 6 nitrogen and oxygen atoms in total. The number of sulfonamides is 1. The topological polar surface area (TPSA) is 75.7 Å². The average Bonchev–Trinajstić information content (AvgIpc) is 2.75. The van der Waals surface area contributed by atoms with Crippen molar-refractivity contribution >= 4 is 27.3 Å². The number of carbonyl (C=O) groups is 1. The lowest BCUT2D eigenvalue weighted by Gasteiger charge is -2.22. The van der Waals surface area contributed by atoms with Crippen LogP contribution in [-0.4, -0.2) is 28.5 Å². The van der Waals surface area contributed by atoms with Gasteiger partial charge in [-0.3, -0.25) is 9.10 Å². The van der Waals surface area contributed by atoms with Crippen LogP contribution in [0.1, 0.15) is 32.6 Å². The summed E-state index contributed by atoms with van der Waals surface area (Å²) in [6, 6.07) is 15.4. The number of nitrogens with one attached hydrogen (secondary N) is 1. The fourth-order valence-electron chi connectivity index (χ4n) is 3.74. The summed E-state index contributed by atoms with van der Waals surface area (Å²) >= 11 is 0. The Balaban J connectivity index is 1.99. The Morgan fingerprint density at radius 1 is 0.906 bits per heavy atom. The number of hydrogen-bond donors (Lipinski definition) is 1. The van der Waals surface area contributed by atoms with Crippen LogP contribution in [0.5, 0.6) is 5.75 Å². The molecule has 3 rings (SSSR count). The number of para-hydroxylation sites is 2. The summed E-state index contributed by atoms with van der Waals surface area (Å²) in [6.45, 7) is 7.66. The first-order valence-corrected chi connectivity index (χ1v) is 11.6. The summed E-state index contributed by atoms with van der Waals surface area (Å²) in [4.78, 5) is 13.1. The van der Waals surface area contributed by atoms with Gasteiger partial charge in [-0.1, -0.05) is 35.9 Å². The monoisotopic (exact) mass is 452 g/mol. The molecule has 0 aromatic heterocycles. The van der Waals surface area contributed by atoms with E-state index in [0.717, 1.165) is 26.7 Å². The van der Waals surface area contributed by atoms with E-state index in [-0.39, 0.29) is 10.8 Å². The number of anilines is 2. The Morgan fingerprint density at radius 3 is 2.16 bits per heavy atom. The molecule has 1 N–H and O–H groups in total.